The quantitative estimate of drug-likeness (QED) is 0.419. The summed E-state index contributed by atoms with van der Waals surface area (Å²) in [6.07, 6.45) is 3.02. The molecule has 0 saturated carbocycles. The van der Waals surface area contributed by atoms with Crippen molar-refractivity contribution in [3.8, 4) is 0 Å². The first kappa shape index (κ1) is 28.6. The van der Waals surface area contributed by atoms with Crippen molar-refractivity contribution in [1.82, 2.24) is 10.2 Å². The molecule has 35 heavy (non-hydrogen) atoms. The zero-order valence-electron chi connectivity index (χ0n) is 20.6. The number of unbranched alkanes of at least 4 members (excludes halogenated alkanes) is 1. The van der Waals surface area contributed by atoms with Crippen LogP contribution in [-0.2, 0) is 26.2 Å². The predicted molar refractivity (Wildman–Crippen MR) is 137 cm³/mol. The Bertz CT molecular complexity index is 1140. The summed E-state index contributed by atoms with van der Waals surface area (Å²) in [6.45, 7) is 5.79. The highest BCUT2D eigenvalue weighted by Crippen LogP contribution is 2.25. The Balaban J connectivity index is 2.42. The van der Waals surface area contributed by atoms with Crippen molar-refractivity contribution in [3.05, 3.63) is 64.4 Å². The predicted octanol–water partition coefficient (Wildman–Crippen LogP) is 4.28. The smallest absolute Gasteiger partial charge is 0.244 e. The van der Waals surface area contributed by atoms with Gasteiger partial charge in [0.25, 0.3) is 0 Å². The van der Waals surface area contributed by atoms with E-state index >= 15 is 0 Å². The maximum Gasteiger partial charge on any atom is 0.244 e. The Morgan fingerprint density at radius 1 is 1.14 bits per heavy atom. The molecule has 0 saturated heterocycles. The summed E-state index contributed by atoms with van der Waals surface area (Å²) in [7, 11) is -3.92. The van der Waals surface area contributed by atoms with E-state index in [4.69, 9.17) is 11.6 Å². The Labute approximate surface area is 212 Å². The summed E-state index contributed by atoms with van der Waals surface area (Å²) in [5, 5.41) is 2.61. The van der Waals surface area contributed by atoms with Gasteiger partial charge in [-0.1, -0.05) is 61.7 Å². The van der Waals surface area contributed by atoms with E-state index in [1.165, 1.54) is 11.0 Å². The van der Waals surface area contributed by atoms with Gasteiger partial charge in [0.15, 0.2) is 0 Å². The summed E-state index contributed by atoms with van der Waals surface area (Å²) in [5.41, 5.74) is 1.87. The van der Waals surface area contributed by atoms with Crippen LogP contribution < -0.4 is 9.62 Å². The molecule has 0 heterocycles. The normalized spacial score (nSPS) is 12.2. The van der Waals surface area contributed by atoms with E-state index in [0.717, 1.165) is 46.7 Å². The van der Waals surface area contributed by atoms with Gasteiger partial charge in [-0.15, -0.1) is 0 Å². The van der Waals surface area contributed by atoms with Crippen molar-refractivity contribution < 1.29 is 22.4 Å². The van der Waals surface area contributed by atoms with Gasteiger partial charge >= 0.3 is 0 Å². The first-order chi connectivity index (χ1) is 16.5. The Morgan fingerprint density at radius 2 is 1.86 bits per heavy atom. The third kappa shape index (κ3) is 8.21. The lowest BCUT2D eigenvalue weighted by Gasteiger charge is -2.33. The molecule has 10 heteroatoms. The average Bonchev–Trinajstić information content (AvgIpc) is 2.78. The minimum atomic E-state index is -3.92. The number of hydrogen-bond donors (Lipinski definition) is 1. The number of amides is 2. The standard InChI is InChI=1S/C25H33ClFN3O4S/c1-5-7-13-28-25(32)23(6-2)29(16-19-10-8-9-18(3)14-19)24(31)17-30(35(4,33)34)20-11-12-22(27)21(26)15-20/h8-12,14-15,23H,5-7,13,16-17H2,1-4H3,(H,28,32)/t23-/m1/s1. The maximum atomic E-state index is 13.7. The molecule has 2 aromatic rings. The van der Waals surface area contributed by atoms with Gasteiger partial charge in [-0.3, -0.25) is 13.9 Å². The molecule has 0 aromatic heterocycles. The number of hydrogen-bond acceptors (Lipinski definition) is 4. The van der Waals surface area contributed by atoms with Crippen LogP contribution in [0.25, 0.3) is 0 Å². The lowest BCUT2D eigenvalue weighted by atomic mass is 10.1. The van der Waals surface area contributed by atoms with Crippen molar-refractivity contribution >= 4 is 39.1 Å². The van der Waals surface area contributed by atoms with Crippen LogP contribution in [0, 0.1) is 12.7 Å². The summed E-state index contributed by atoms with van der Waals surface area (Å²) in [5.74, 6) is -1.56. The molecule has 0 unspecified atom stereocenters. The number of sulfonamides is 1. The maximum absolute atomic E-state index is 13.7. The summed E-state index contributed by atoms with van der Waals surface area (Å²) in [4.78, 5) is 28.0. The highest BCUT2D eigenvalue weighted by molar-refractivity contribution is 7.92. The molecule has 0 fully saturated rings. The molecule has 7 nitrogen and oxygen atoms in total. The molecule has 1 N–H and O–H groups in total. The largest absolute Gasteiger partial charge is 0.354 e. The van der Waals surface area contributed by atoms with Crippen LogP contribution in [0.3, 0.4) is 0 Å². The van der Waals surface area contributed by atoms with Crippen LogP contribution in [0.4, 0.5) is 10.1 Å². The van der Waals surface area contributed by atoms with E-state index in [1.807, 2.05) is 38.1 Å². The van der Waals surface area contributed by atoms with E-state index in [0.29, 0.717) is 13.0 Å². The fourth-order valence-corrected chi connectivity index (χ4v) is 4.70. The molecule has 0 bridgehead atoms. The topological polar surface area (TPSA) is 86.8 Å². The number of benzene rings is 2. The lowest BCUT2D eigenvalue weighted by molar-refractivity contribution is -0.140. The first-order valence-electron chi connectivity index (χ1n) is 11.5. The Hall–Kier alpha value is -2.65. The fourth-order valence-electron chi connectivity index (χ4n) is 3.69. The van der Waals surface area contributed by atoms with Gasteiger partial charge in [-0.25, -0.2) is 12.8 Å². The van der Waals surface area contributed by atoms with Crippen LogP contribution >= 0.6 is 11.6 Å². The molecule has 192 valence electrons. The zero-order valence-corrected chi connectivity index (χ0v) is 22.1. The second-order valence-electron chi connectivity index (χ2n) is 8.45. The molecular weight excluding hydrogens is 493 g/mol. The van der Waals surface area contributed by atoms with E-state index in [-0.39, 0.29) is 23.2 Å². The van der Waals surface area contributed by atoms with Crippen LogP contribution in [0.1, 0.15) is 44.2 Å². The third-order valence-corrected chi connectivity index (χ3v) is 6.95. The van der Waals surface area contributed by atoms with Crippen LogP contribution in [0.15, 0.2) is 42.5 Å². The van der Waals surface area contributed by atoms with Crippen LogP contribution in [0.2, 0.25) is 5.02 Å². The van der Waals surface area contributed by atoms with Gasteiger partial charge in [0.05, 0.1) is 17.0 Å². The van der Waals surface area contributed by atoms with Gasteiger partial charge in [0, 0.05) is 13.1 Å². The number of carbonyl (C=O) groups excluding carboxylic acids is 2. The van der Waals surface area contributed by atoms with E-state index in [2.05, 4.69) is 5.32 Å². The molecule has 0 aliphatic carbocycles. The summed E-state index contributed by atoms with van der Waals surface area (Å²) >= 11 is 5.86. The van der Waals surface area contributed by atoms with Crippen LogP contribution in [0.5, 0.6) is 0 Å². The van der Waals surface area contributed by atoms with Crippen molar-refractivity contribution in [3.63, 3.8) is 0 Å². The molecule has 1 atom stereocenters. The molecule has 2 aromatic carbocycles. The molecular formula is C25H33ClFN3O4S. The zero-order chi connectivity index (χ0) is 26.2. The van der Waals surface area contributed by atoms with E-state index in [1.54, 1.807) is 6.92 Å². The number of carbonyl (C=O) groups is 2. The second kappa shape index (κ2) is 12.9. The molecule has 0 spiro atoms. The minimum Gasteiger partial charge on any atom is -0.354 e. The monoisotopic (exact) mass is 525 g/mol. The Kier molecular flexibility index (Phi) is 10.5. The van der Waals surface area contributed by atoms with Gasteiger partial charge in [0.2, 0.25) is 21.8 Å². The summed E-state index contributed by atoms with van der Waals surface area (Å²) < 4.78 is 39.7. The van der Waals surface area contributed by atoms with Crippen molar-refractivity contribution in [2.45, 2.75) is 52.6 Å². The third-order valence-electron chi connectivity index (χ3n) is 5.52. The highest BCUT2D eigenvalue weighted by Gasteiger charge is 2.31. The number of nitrogens with zero attached hydrogens (tertiary/aromatic N) is 2. The molecule has 0 aliphatic rings. The molecule has 2 rings (SSSR count). The highest BCUT2D eigenvalue weighted by atomic mass is 35.5. The Morgan fingerprint density at radius 3 is 2.43 bits per heavy atom. The first-order valence-corrected chi connectivity index (χ1v) is 13.8. The van der Waals surface area contributed by atoms with Crippen molar-refractivity contribution in [2.75, 3.05) is 23.7 Å². The molecule has 2 amide bonds. The van der Waals surface area contributed by atoms with Crippen molar-refractivity contribution in [2.24, 2.45) is 0 Å². The fraction of sp³-hybridized carbons (Fsp3) is 0.440. The number of aryl methyl sites for hydroxylation is 1. The average molecular weight is 526 g/mol. The molecule has 0 radical (unpaired) electrons. The minimum absolute atomic E-state index is 0.0585. The SMILES string of the molecule is CCCCNC(=O)[C@@H](CC)N(Cc1cccc(C)c1)C(=O)CN(c1ccc(F)c(Cl)c1)S(C)(=O)=O. The molecule has 0 aliphatic heterocycles. The van der Waals surface area contributed by atoms with Gasteiger partial charge in [0.1, 0.15) is 18.4 Å². The van der Waals surface area contributed by atoms with Gasteiger partial charge in [-0.05, 0) is 43.5 Å². The van der Waals surface area contributed by atoms with Gasteiger partial charge in [-0.2, -0.15) is 0 Å². The van der Waals surface area contributed by atoms with E-state index in [9.17, 15) is 22.4 Å². The van der Waals surface area contributed by atoms with E-state index < -0.39 is 34.3 Å². The number of anilines is 1. The summed E-state index contributed by atoms with van der Waals surface area (Å²) in [6, 6.07) is 10.2. The number of rotatable bonds is 12. The number of halogens is 2. The van der Waals surface area contributed by atoms with Crippen LogP contribution in [-0.4, -0.2) is 50.5 Å². The second-order valence-corrected chi connectivity index (χ2v) is 10.8. The van der Waals surface area contributed by atoms with Crippen molar-refractivity contribution in [1.29, 1.82) is 0 Å². The number of nitrogens with one attached hydrogen (secondary N) is 1. The van der Waals surface area contributed by atoms with Gasteiger partial charge < -0.3 is 10.2 Å². The lowest BCUT2D eigenvalue weighted by Crippen LogP contribution is -2.52.